The van der Waals surface area contributed by atoms with Gasteiger partial charge in [-0.1, -0.05) is 30.3 Å². The molecule has 0 radical (unpaired) electrons. The highest BCUT2D eigenvalue weighted by atomic mass is 35.5. The number of aromatic nitrogens is 1. The van der Waals surface area contributed by atoms with Crippen LogP contribution < -0.4 is 10.3 Å². The van der Waals surface area contributed by atoms with Gasteiger partial charge in [-0.25, -0.2) is 8.78 Å². The fourth-order valence-electron chi connectivity index (χ4n) is 2.19. The van der Waals surface area contributed by atoms with Gasteiger partial charge in [0.2, 0.25) is 0 Å². The Bertz CT molecular complexity index is 772. The van der Waals surface area contributed by atoms with Gasteiger partial charge >= 0.3 is 0 Å². The third-order valence-electron chi connectivity index (χ3n) is 3.27. The van der Waals surface area contributed by atoms with Crippen molar-refractivity contribution >= 4 is 11.6 Å². The third-order valence-corrected chi connectivity index (χ3v) is 3.58. The molecule has 6 heteroatoms. The van der Waals surface area contributed by atoms with Crippen LogP contribution in [0.2, 0.25) is 5.02 Å². The van der Waals surface area contributed by atoms with E-state index in [1.165, 1.54) is 0 Å². The van der Waals surface area contributed by atoms with Crippen molar-refractivity contribution in [1.82, 2.24) is 4.57 Å². The predicted molar refractivity (Wildman–Crippen MR) is 87.6 cm³/mol. The number of pyridine rings is 1. The molecule has 0 bridgehead atoms. The van der Waals surface area contributed by atoms with Gasteiger partial charge < -0.3 is 9.30 Å². The van der Waals surface area contributed by atoms with Crippen molar-refractivity contribution in [3.63, 3.8) is 0 Å². The SMILES string of the molecule is C=CCOc1ccc(-c2ccc(C)c(=O)n2CC(F)F)c(Cl)c1. The topological polar surface area (TPSA) is 31.2 Å². The van der Waals surface area contributed by atoms with Crippen molar-refractivity contribution in [3.05, 3.63) is 63.9 Å². The number of benzene rings is 1. The smallest absolute Gasteiger partial charge is 0.256 e. The lowest BCUT2D eigenvalue weighted by molar-refractivity contribution is 0.126. The number of aryl methyl sites for hydroxylation is 1. The molecule has 0 saturated heterocycles. The molecule has 1 aromatic heterocycles. The van der Waals surface area contributed by atoms with Crippen LogP contribution in [0.3, 0.4) is 0 Å². The Morgan fingerprint density at radius 3 is 2.70 bits per heavy atom. The number of rotatable bonds is 6. The zero-order valence-corrected chi connectivity index (χ0v) is 13.3. The summed E-state index contributed by atoms with van der Waals surface area (Å²) in [6.45, 7) is 4.79. The maximum atomic E-state index is 12.8. The molecule has 0 aliphatic rings. The quantitative estimate of drug-likeness (QED) is 0.734. The molecule has 2 aromatic rings. The molecule has 0 fully saturated rings. The van der Waals surface area contributed by atoms with Gasteiger partial charge in [0.25, 0.3) is 12.0 Å². The summed E-state index contributed by atoms with van der Waals surface area (Å²) < 4.78 is 32.0. The molecule has 0 N–H and O–H groups in total. The number of ether oxygens (including phenoxy) is 1. The van der Waals surface area contributed by atoms with E-state index in [9.17, 15) is 13.6 Å². The van der Waals surface area contributed by atoms with E-state index in [1.807, 2.05) is 0 Å². The van der Waals surface area contributed by atoms with Crippen LogP contribution in [0.5, 0.6) is 5.75 Å². The zero-order chi connectivity index (χ0) is 17.0. The van der Waals surface area contributed by atoms with Gasteiger partial charge in [0.1, 0.15) is 12.4 Å². The molecule has 0 aliphatic carbocycles. The standard InChI is InChI=1S/C17H16ClF2NO2/c1-3-8-23-12-5-6-13(14(18)9-12)15-7-4-11(2)17(22)21(15)10-16(19)20/h3-7,9,16H,1,8,10H2,2H3. The van der Waals surface area contributed by atoms with Gasteiger partial charge in [0.15, 0.2) is 0 Å². The van der Waals surface area contributed by atoms with E-state index in [-0.39, 0.29) is 0 Å². The predicted octanol–water partition coefficient (Wildman–Crippen LogP) is 4.31. The lowest BCUT2D eigenvalue weighted by Crippen LogP contribution is -2.26. The molecule has 0 atom stereocenters. The van der Waals surface area contributed by atoms with Crippen LogP contribution in [0.25, 0.3) is 11.3 Å². The number of alkyl halides is 2. The largest absolute Gasteiger partial charge is 0.490 e. The molecule has 1 aromatic carbocycles. The summed E-state index contributed by atoms with van der Waals surface area (Å²) in [6.07, 6.45) is -1.04. The molecular weight excluding hydrogens is 324 g/mol. The molecule has 0 unspecified atom stereocenters. The Morgan fingerprint density at radius 1 is 1.35 bits per heavy atom. The molecule has 2 rings (SSSR count). The van der Waals surface area contributed by atoms with Crippen LogP contribution in [0.15, 0.2) is 47.8 Å². The Morgan fingerprint density at radius 2 is 2.09 bits per heavy atom. The first kappa shape index (κ1) is 17.2. The molecular formula is C17H16ClF2NO2. The monoisotopic (exact) mass is 339 g/mol. The Kier molecular flexibility index (Phi) is 5.55. The lowest BCUT2D eigenvalue weighted by atomic mass is 10.1. The van der Waals surface area contributed by atoms with E-state index < -0.39 is 18.5 Å². The first-order valence-corrected chi connectivity index (χ1v) is 7.34. The minimum absolute atomic E-state index is 0.317. The Balaban J connectivity index is 2.51. The molecule has 122 valence electrons. The second kappa shape index (κ2) is 7.42. The van der Waals surface area contributed by atoms with Crippen molar-refractivity contribution in [1.29, 1.82) is 0 Å². The van der Waals surface area contributed by atoms with E-state index in [0.29, 0.717) is 34.2 Å². The Labute approximate surface area is 137 Å². The van der Waals surface area contributed by atoms with Gasteiger partial charge in [0.05, 0.1) is 17.3 Å². The van der Waals surface area contributed by atoms with E-state index in [4.69, 9.17) is 16.3 Å². The average Bonchev–Trinajstić information content (AvgIpc) is 2.50. The number of hydrogen-bond donors (Lipinski definition) is 0. The van der Waals surface area contributed by atoms with E-state index in [1.54, 1.807) is 43.3 Å². The summed E-state index contributed by atoms with van der Waals surface area (Å²) in [5, 5.41) is 0.317. The minimum atomic E-state index is -2.64. The maximum Gasteiger partial charge on any atom is 0.256 e. The van der Waals surface area contributed by atoms with Crippen molar-refractivity contribution in [2.45, 2.75) is 19.9 Å². The first-order chi connectivity index (χ1) is 10.9. The summed E-state index contributed by atoms with van der Waals surface area (Å²) in [5.41, 5.74) is 0.791. The van der Waals surface area contributed by atoms with Crippen LogP contribution in [0.4, 0.5) is 8.78 Å². The van der Waals surface area contributed by atoms with Gasteiger partial charge in [0, 0.05) is 11.1 Å². The van der Waals surface area contributed by atoms with Crippen molar-refractivity contribution < 1.29 is 13.5 Å². The first-order valence-electron chi connectivity index (χ1n) is 6.96. The number of hydrogen-bond acceptors (Lipinski definition) is 2. The summed E-state index contributed by atoms with van der Waals surface area (Å²) >= 11 is 6.23. The van der Waals surface area contributed by atoms with Gasteiger partial charge in [-0.05, 0) is 31.2 Å². The fraction of sp³-hybridized carbons (Fsp3) is 0.235. The highest BCUT2D eigenvalue weighted by Crippen LogP contribution is 2.31. The highest BCUT2D eigenvalue weighted by Gasteiger charge is 2.15. The molecule has 0 spiro atoms. The van der Waals surface area contributed by atoms with Crippen LogP contribution in [0.1, 0.15) is 5.56 Å². The van der Waals surface area contributed by atoms with Gasteiger partial charge in [-0.15, -0.1) is 0 Å². The van der Waals surface area contributed by atoms with Crippen LogP contribution >= 0.6 is 11.6 Å². The third kappa shape index (κ3) is 3.99. The zero-order valence-electron chi connectivity index (χ0n) is 12.6. The van der Waals surface area contributed by atoms with E-state index >= 15 is 0 Å². The second-order valence-corrected chi connectivity index (χ2v) is 5.36. The number of nitrogens with zero attached hydrogens (tertiary/aromatic N) is 1. The molecule has 1 heterocycles. The minimum Gasteiger partial charge on any atom is -0.490 e. The molecule has 0 aliphatic heterocycles. The molecule has 0 saturated carbocycles. The average molecular weight is 340 g/mol. The molecule has 3 nitrogen and oxygen atoms in total. The van der Waals surface area contributed by atoms with E-state index in [2.05, 4.69) is 6.58 Å². The summed E-state index contributed by atoms with van der Waals surface area (Å²) in [6, 6.07) is 8.11. The lowest BCUT2D eigenvalue weighted by Gasteiger charge is -2.15. The molecule has 0 amide bonds. The Hall–Kier alpha value is -2.14. The van der Waals surface area contributed by atoms with Crippen LogP contribution in [-0.4, -0.2) is 17.6 Å². The van der Waals surface area contributed by atoms with Gasteiger partial charge in [-0.2, -0.15) is 0 Å². The normalized spacial score (nSPS) is 10.8. The summed E-state index contributed by atoms with van der Waals surface area (Å²) in [5.74, 6) is 0.536. The molecule has 23 heavy (non-hydrogen) atoms. The van der Waals surface area contributed by atoms with Gasteiger partial charge in [-0.3, -0.25) is 4.79 Å². The second-order valence-electron chi connectivity index (χ2n) is 4.95. The number of halogens is 3. The highest BCUT2D eigenvalue weighted by molar-refractivity contribution is 6.33. The van der Waals surface area contributed by atoms with Crippen LogP contribution in [0, 0.1) is 6.92 Å². The van der Waals surface area contributed by atoms with E-state index in [0.717, 1.165) is 4.57 Å². The van der Waals surface area contributed by atoms with Crippen molar-refractivity contribution in [3.8, 4) is 17.0 Å². The van der Waals surface area contributed by atoms with Crippen molar-refractivity contribution in [2.24, 2.45) is 0 Å². The summed E-state index contributed by atoms with van der Waals surface area (Å²) in [4.78, 5) is 12.2. The van der Waals surface area contributed by atoms with Crippen LogP contribution in [-0.2, 0) is 6.54 Å². The fourth-order valence-corrected chi connectivity index (χ4v) is 2.46. The maximum absolute atomic E-state index is 12.8. The summed E-state index contributed by atoms with van der Waals surface area (Å²) in [7, 11) is 0. The van der Waals surface area contributed by atoms with Crippen molar-refractivity contribution in [2.75, 3.05) is 6.61 Å².